The van der Waals surface area contributed by atoms with Crippen LogP contribution in [0.5, 0.6) is 0 Å². The van der Waals surface area contributed by atoms with E-state index in [4.69, 9.17) is 5.11 Å². The number of hydrogen-bond acceptors (Lipinski definition) is 2. The molecule has 0 aliphatic carbocycles. The van der Waals surface area contributed by atoms with Crippen molar-refractivity contribution in [2.45, 2.75) is 110 Å². The van der Waals surface area contributed by atoms with Crippen LogP contribution in [-0.4, -0.2) is 22.2 Å². The zero-order valence-corrected chi connectivity index (χ0v) is 15.8. The minimum absolute atomic E-state index is 0.245. The van der Waals surface area contributed by atoms with Crippen LogP contribution in [0.25, 0.3) is 0 Å². The first kappa shape index (κ1) is 22.9. The van der Waals surface area contributed by atoms with Crippen LogP contribution in [-0.2, 0) is 9.59 Å². The van der Waals surface area contributed by atoms with E-state index in [0.29, 0.717) is 12.8 Å². The van der Waals surface area contributed by atoms with E-state index in [2.05, 4.69) is 13.8 Å². The smallest absolute Gasteiger partial charge is 0.310 e. The van der Waals surface area contributed by atoms with Crippen molar-refractivity contribution in [3.8, 4) is 0 Å². The summed E-state index contributed by atoms with van der Waals surface area (Å²) < 4.78 is 0. The molecule has 0 aliphatic heterocycles. The average molecular weight is 343 g/mol. The Balaban J connectivity index is 4.31. The van der Waals surface area contributed by atoms with Crippen molar-refractivity contribution >= 4 is 11.9 Å². The molecule has 0 saturated heterocycles. The van der Waals surface area contributed by atoms with Gasteiger partial charge in [-0.2, -0.15) is 0 Å². The topological polar surface area (TPSA) is 74.6 Å². The van der Waals surface area contributed by atoms with Crippen molar-refractivity contribution in [1.82, 2.24) is 0 Å². The molecule has 0 saturated carbocycles. The Morgan fingerprint density at radius 1 is 0.667 bits per heavy atom. The number of rotatable bonds is 17. The van der Waals surface area contributed by atoms with Crippen LogP contribution in [0.2, 0.25) is 0 Å². The Morgan fingerprint density at radius 3 is 1.42 bits per heavy atom. The highest BCUT2D eigenvalue weighted by Gasteiger charge is 2.39. The van der Waals surface area contributed by atoms with Gasteiger partial charge in [-0.05, 0) is 12.8 Å². The molecule has 0 heterocycles. The van der Waals surface area contributed by atoms with Gasteiger partial charge in [0.15, 0.2) is 0 Å². The summed E-state index contributed by atoms with van der Waals surface area (Å²) in [6.07, 6.45) is 14.0. The maximum atomic E-state index is 11.8. The highest BCUT2D eigenvalue weighted by Crippen LogP contribution is 2.36. The molecule has 0 aromatic rings. The Morgan fingerprint density at radius 2 is 1.04 bits per heavy atom. The summed E-state index contributed by atoms with van der Waals surface area (Å²) in [6.45, 7) is 4.32. The number of carboxylic acids is 2. The van der Waals surface area contributed by atoms with E-state index >= 15 is 0 Å². The Labute approximate surface area is 148 Å². The standard InChI is InChI=1S/C20H38O4/c1-3-5-7-9-10-11-12-14-16-20(19(23)24,17-18(21)22)15-13-8-6-4-2/h3-17H2,1-2H3,(H,21,22)(H,23,24). The third kappa shape index (κ3) is 10.7. The average Bonchev–Trinajstić information content (AvgIpc) is 2.53. The molecule has 0 aromatic heterocycles. The molecule has 0 radical (unpaired) electrons. The summed E-state index contributed by atoms with van der Waals surface area (Å²) >= 11 is 0. The van der Waals surface area contributed by atoms with E-state index < -0.39 is 17.4 Å². The molecule has 0 aliphatic rings. The van der Waals surface area contributed by atoms with Crippen molar-refractivity contribution in [3.05, 3.63) is 0 Å². The van der Waals surface area contributed by atoms with Crippen LogP contribution in [0.3, 0.4) is 0 Å². The van der Waals surface area contributed by atoms with Crippen molar-refractivity contribution in [2.24, 2.45) is 5.41 Å². The number of carbonyl (C=O) groups is 2. The first-order chi connectivity index (χ1) is 11.5. The Kier molecular flexibility index (Phi) is 13.7. The second-order valence-corrected chi connectivity index (χ2v) is 7.19. The lowest BCUT2D eigenvalue weighted by atomic mass is 9.75. The first-order valence-corrected chi connectivity index (χ1v) is 9.93. The van der Waals surface area contributed by atoms with E-state index in [1.54, 1.807) is 0 Å². The molecule has 4 heteroatoms. The van der Waals surface area contributed by atoms with Crippen molar-refractivity contribution in [2.75, 3.05) is 0 Å². The summed E-state index contributed by atoms with van der Waals surface area (Å²) in [4.78, 5) is 23.0. The van der Waals surface area contributed by atoms with Gasteiger partial charge in [0.2, 0.25) is 0 Å². The second-order valence-electron chi connectivity index (χ2n) is 7.19. The zero-order chi connectivity index (χ0) is 18.3. The van der Waals surface area contributed by atoms with Crippen LogP contribution in [0.1, 0.15) is 110 Å². The molecular weight excluding hydrogens is 304 g/mol. The lowest BCUT2D eigenvalue weighted by molar-refractivity contribution is -0.157. The van der Waals surface area contributed by atoms with Gasteiger partial charge in [0, 0.05) is 0 Å². The summed E-state index contributed by atoms with van der Waals surface area (Å²) in [6, 6.07) is 0. The molecule has 0 aromatic carbocycles. The molecule has 142 valence electrons. The fourth-order valence-electron chi connectivity index (χ4n) is 3.37. The predicted molar refractivity (Wildman–Crippen MR) is 98.3 cm³/mol. The lowest BCUT2D eigenvalue weighted by Gasteiger charge is -2.28. The van der Waals surface area contributed by atoms with Crippen LogP contribution in [0, 0.1) is 5.41 Å². The van der Waals surface area contributed by atoms with E-state index in [9.17, 15) is 14.7 Å². The Bertz CT molecular complexity index is 341. The zero-order valence-electron chi connectivity index (χ0n) is 15.8. The SMILES string of the molecule is CCCCCCCCCCC(CCCCCC)(CC(=O)O)C(=O)O. The highest BCUT2D eigenvalue weighted by molar-refractivity contribution is 5.81. The van der Waals surface area contributed by atoms with E-state index in [1.165, 1.54) is 32.1 Å². The molecule has 0 fully saturated rings. The van der Waals surface area contributed by atoms with Gasteiger partial charge >= 0.3 is 11.9 Å². The maximum Gasteiger partial charge on any atom is 0.310 e. The lowest BCUT2D eigenvalue weighted by Crippen LogP contribution is -2.33. The van der Waals surface area contributed by atoms with Gasteiger partial charge < -0.3 is 10.2 Å². The van der Waals surface area contributed by atoms with Crippen LogP contribution in [0.4, 0.5) is 0 Å². The van der Waals surface area contributed by atoms with Gasteiger partial charge in [0.25, 0.3) is 0 Å². The maximum absolute atomic E-state index is 11.8. The summed E-state index contributed by atoms with van der Waals surface area (Å²) in [5, 5.41) is 18.8. The van der Waals surface area contributed by atoms with Gasteiger partial charge in [-0.1, -0.05) is 90.9 Å². The molecule has 0 amide bonds. The number of hydrogen-bond donors (Lipinski definition) is 2. The third-order valence-electron chi connectivity index (χ3n) is 4.96. The summed E-state index contributed by atoms with van der Waals surface area (Å²) in [7, 11) is 0. The van der Waals surface area contributed by atoms with Crippen molar-refractivity contribution in [1.29, 1.82) is 0 Å². The number of carboxylic acid groups (broad SMARTS) is 2. The quantitative estimate of drug-likeness (QED) is 0.316. The van der Waals surface area contributed by atoms with E-state index in [1.807, 2.05) is 0 Å². The molecular formula is C20H38O4. The van der Waals surface area contributed by atoms with E-state index in [0.717, 1.165) is 44.9 Å². The number of unbranched alkanes of at least 4 members (excludes halogenated alkanes) is 10. The predicted octanol–water partition coefficient (Wildman–Crippen LogP) is 6.03. The fraction of sp³-hybridized carbons (Fsp3) is 0.900. The van der Waals surface area contributed by atoms with Gasteiger partial charge in [0.1, 0.15) is 0 Å². The minimum atomic E-state index is -1.07. The molecule has 4 nitrogen and oxygen atoms in total. The molecule has 1 atom stereocenters. The molecule has 0 spiro atoms. The molecule has 1 unspecified atom stereocenters. The normalized spacial score (nSPS) is 13.6. The van der Waals surface area contributed by atoms with Gasteiger partial charge in [-0.15, -0.1) is 0 Å². The van der Waals surface area contributed by atoms with Crippen LogP contribution >= 0.6 is 0 Å². The summed E-state index contributed by atoms with van der Waals surface area (Å²) in [5.74, 6) is -1.92. The second kappa shape index (κ2) is 14.3. The third-order valence-corrected chi connectivity index (χ3v) is 4.96. The van der Waals surface area contributed by atoms with Crippen molar-refractivity contribution in [3.63, 3.8) is 0 Å². The van der Waals surface area contributed by atoms with Crippen LogP contribution < -0.4 is 0 Å². The van der Waals surface area contributed by atoms with Gasteiger partial charge in [-0.25, -0.2) is 0 Å². The highest BCUT2D eigenvalue weighted by atomic mass is 16.4. The van der Waals surface area contributed by atoms with Crippen LogP contribution in [0.15, 0.2) is 0 Å². The minimum Gasteiger partial charge on any atom is -0.481 e. The summed E-state index contributed by atoms with van der Waals surface area (Å²) in [5.41, 5.74) is -1.07. The van der Waals surface area contributed by atoms with E-state index in [-0.39, 0.29) is 6.42 Å². The molecule has 24 heavy (non-hydrogen) atoms. The fourth-order valence-corrected chi connectivity index (χ4v) is 3.37. The molecule has 0 rings (SSSR count). The van der Waals surface area contributed by atoms with Gasteiger partial charge in [0.05, 0.1) is 11.8 Å². The van der Waals surface area contributed by atoms with Crippen molar-refractivity contribution < 1.29 is 19.8 Å². The van der Waals surface area contributed by atoms with Gasteiger partial charge in [-0.3, -0.25) is 9.59 Å². The molecule has 0 bridgehead atoms. The largest absolute Gasteiger partial charge is 0.481 e. The first-order valence-electron chi connectivity index (χ1n) is 9.93. The molecule has 2 N–H and O–H groups in total. The Hall–Kier alpha value is -1.06. The monoisotopic (exact) mass is 342 g/mol. The number of aliphatic carboxylic acids is 2.